The van der Waals surface area contributed by atoms with Gasteiger partial charge in [0.25, 0.3) is 0 Å². The van der Waals surface area contributed by atoms with Crippen molar-refractivity contribution < 1.29 is 5.21 Å². The van der Waals surface area contributed by atoms with Gasteiger partial charge in [-0.25, -0.2) is 9.67 Å². The van der Waals surface area contributed by atoms with Crippen molar-refractivity contribution in [2.45, 2.75) is 6.54 Å². The summed E-state index contributed by atoms with van der Waals surface area (Å²) in [6.07, 6.45) is 6.93. The summed E-state index contributed by atoms with van der Waals surface area (Å²) in [6, 6.07) is 11.9. The van der Waals surface area contributed by atoms with Crippen LogP contribution in [0.4, 0.5) is 0 Å². The van der Waals surface area contributed by atoms with Crippen LogP contribution in [0.2, 0.25) is 0 Å². The van der Waals surface area contributed by atoms with Gasteiger partial charge in [0.15, 0.2) is 0 Å². The second-order valence-corrected chi connectivity index (χ2v) is 6.71. The average molecular weight is 444 g/mol. The zero-order valence-electron chi connectivity index (χ0n) is 13.0. The molecule has 1 aromatic carbocycles. The van der Waals surface area contributed by atoms with Crippen molar-refractivity contribution in [3.05, 3.63) is 69.8 Å². The maximum absolute atomic E-state index is 8.84. The van der Waals surface area contributed by atoms with Gasteiger partial charge in [0.2, 0.25) is 0 Å². The first-order valence-corrected chi connectivity index (χ1v) is 8.61. The van der Waals surface area contributed by atoms with Crippen LogP contribution in [0.15, 0.2) is 60.1 Å². The molecule has 8 heteroatoms. The van der Waals surface area contributed by atoms with Crippen molar-refractivity contribution in [2.75, 3.05) is 0 Å². The van der Waals surface area contributed by atoms with Crippen LogP contribution in [0, 0.1) is 3.57 Å². The Hall–Kier alpha value is -2.75. The van der Waals surface area contributed by atoms with Gasteiger partial charge in [0.05, 0.1) is 24.6 Å². The number of fused-ring (bicyclic) bond motifs is 1. The molecule has 124 valence electrons. The molecule has 0 radical (unpaired) electrons. The largest absolute Gasteiger partial charge is 0.411 e. The van der Waals surface area contributed by atoms with Gasteiger partial charge in [-0.3, -0.25) is 0 Å². The fraction of sp³-hybridized carbons (Fsp3) is 0.0588. The Morgan fingerprint density at radius 1 is 1.16 bits per heavy atom. The SMILES string of the molecule is O/N=C/c1cn(Cc2cn(-c3ccc(I)cc3)nn2)c2ncccc12. The van der Waals surface area contributed by atoms with E-state index < -0.39 is 0 Å². The Morgan fingerprint density at radius 2 is 2.00 bits per heavy atom. The predicted molar refractivity (Wildman–Crippen MR) is 102 cm³/mol. The van der Waals surface area contributed by atoms with Crippen LogP contribution in [0.3, 0.4) is 0 Å². The fourth-order valence-electron chi connectivity index (χ4n) is 2.70. The van der Waals surface area contributed by atoms with Gasteiger partial charge >= 0.3 is 0 Å². The number of aromatic nitrogens is 5. The number of hydrogen-bond donors (Lipinski definition) is 1. The summed E-state index contributed by atoms with van der Waals surface area (Å²) in [6.45, 7) is 0.525. The molecule has 0 spiro atoms. The normalized spacial score (nSPS) is 11.6. The second kappa shape index (κ2) is 6.63. The maximum Gasteiger partial charge on any atom is 0.140 e. The van der Waals surface area contributed by atoms with E-state index in [1.807, 2.05) is 53.4 Å². The number of pyridine rings is 1. The fourth-order valence-corrected chi connectivity index (χ4v) is 3.06. The van der Waals surface area contributed by atoms with E-state index in [-0.39, 0.29) is 0 Å². The van der Waals surface area contributed by atoms with Crippen molar-refractivity contribution in [1.82, 2.24) is 24.5 Å². The minimum Gasteiger partial charge on any atom is -0.411 e. The minimum absolute atomic E-state index is 0.525. The number of hydrogen-bond acceptors (Lipinski definition) is 5. The van der Waals surface area contributed by atoms with Crippen LogP contribution in [0.1, 0.15) is 11.3 Å². The van der Waals surface area contributed by atoms with Crippen LogP contribution in [-0.4, -0.2) is 36.0 Å². The van der Waals surface area contributed by atoms with E-state index in [4.69, 9.17) is 5.21 Å². The van der Waals surface area contributed by atoms with Gasteiger partial charge in [-0.05, 0) is 59.0 Å². The Kier molecular flexibility index (Phi) is 4.18. The standard InChI is InChI=1S/C17H13IN6O/c18-13-3-5-15(6-4-13)24-11-14(21-22-24)10-23-9-12(8-20-25)16-2-1-7-19-17(16)23/h1-9,11,25H,10H2/b20-8+. The van der Waals surface area contributed by atoms with Gasteiger partial charge in [0.1, 0.15) is 11.3 Å². The van der Waals surface area contributed by atoms with Crippen LogP contribution in [-0.2, 0) is 6.54 Å². The van der Waals surface area contributed by atoms with Gasteiger partial charge in [0, 0.05) is 26.9 Å². The predicted octanol–water partition coefficient (Wildman–Crippen LogP) is 3.08. The number of benzene rings is 1. The highest BCUT2D eigenvalue weighted by Crippen LogP contribution is 2.19. The average Bonchev–Trinajstić information content (AvgIpc) is 3.22. The molecule has 3 aromatic heterocycles. The second-order valence-electron chi connectivity index (χ2n) is 5.46. The lowest BCUT2D eigenvalue weighted by molar-refractivity contribution is 0.322. The number of rotatable bonds is 4. The van der Waals surface area contributed by atoms with E-state index in [1.165, 1.54) is 9.78 Å². The first-order valence-electron chi connectivity index (χ1n) is 7.53. The quantitative estimate of drug-likeness (QED) is 0.227. The lowest BCUT2D eigenvalue weighted by Crippen LogP contribution is -1.99. The highest BCUT2D eigenvalue weighted by atomic mass is 127. The number of nitrogens with zero attached hydrogens (tertiary/aromatic N) is 6. The molecular weight excluding hydrogens is 431 g/mol. The van der Waals surface area contributed by atoms with E-state index in [0.717, 1.165) is 28.0 Å². The monoisotopic (exact) mass is 444 g/mol. The molecule has 0 aliphatic carbocycles. The zero-order valence-corrected chi connectivity index (χ0v) is 15.1. The van der Waals surface area contributed by atoms with E-state index >= 15 is 0 Å². The summed E-state index contributed by atoms with van der Waals surface area (Å²) in [5.41, 5.74) is 3.38. The Morgan fingerprint density at radius 3 is 2.80 bits per heavy atom. The molecule has 0 amide bonds. The molecule has 0 unspecified atom stereocenters. The number of halogens is 1. The van der Waals surface area contributed by atoms with E-state index in [1.54, 1.807) is 10.9 Å². The van der Waals surface area contributed by atoms with E-state index in [9.17, 15) is 0 Å². The first-order chi connectivity index (χ1) is 12.2. The molecule has 1 N–H and O–H groups in total. The molecule has 0 saturated carbocycles. The smallest absolute Gasteiger partial charge is 0.140 e. The topological polar surface area (TPSA) is 81.1 Å². The van der Waals surface area contributed by atoms with Gasteiger partial charge in [-0.1, -0.05) is 10.4 Å². The summed E-state index contributed by atoms with van der Waals surface area (Å²) < 4.78 is 4.89. The molecule has 4 rings (SSSR count). The van der Waals surface area contributed by atoms with Crippen molar-refractivity contribution in [2.24, 2.45) is 5.16 Å². The molecule has 0 aliphatic rings. The third-order valence-corrected chi connectivity index (χ3v) is 4.54. The molecule has 0 bridgehead atoms. The Balaban J connectivity index is 1.67. The molecule has 0 saturated heterocycles. The van der Waals surface area contributed by atoms with Crippen LogP contribution in [0.5, 0.6) is 0 Å². The van der Waals surface area contributed by atoms with Crippen molar-refractivity contribution in [1.29, 1.82) is 0 Å². The van der Waals surface area contributed by atoms with Crippen LogP contribution in [0.25, 0.3) is 16.7 Å². The minimum atomic E-state index is 0.525. The summed E-state index contributed by atoms with van der Waals surface area (Å²) >= 11 is 2.27. The molecular formula is C17H13IN6O. The van der Waals surface area contributed by atoms with Gasteiger partial charge < -0.3 is 9.77 Å². The summed E-state index contributed by atoms with van der Waals surface area (Å²) in [5, 5.41) is 21.3. The van der Waals surface area contributed by atoms with E-state index in [0.29, 0.717) is 6.54 Å². The lowest BCUT2D eigenvalue weighted by atomic mass is 10.2. The summed E-state index contributed by atoms with van der Waals surface area (Å²) in [4.78, 5) is 4.42. The van der Waals surface area contributed by atoms with Crippen molar-refractivity contribution in [3.8, 4) is 5.69 Å². The zero-order chi connectivity index (χ0) is 17.2. The number of oxime groups is 1. The molecule has 7 nitrogen and oxygen atoms in total. The molecule has 0 aliphatic heterocycles. The summed E-state index contributed by atoms with van der Waals surface area (Å²) in [7, 11) is 0. The third-order valence-electron chi connectivity index (χ3n) is 3.83. The highest BCUT2D eigenvalue weighted by Gasteiger charge is 2.10. The lowest BCUT2D eigenvalue weighted by Gasteiger charge is -2.01. The van der Waals surface area contributed by atoms with Crippen molar-refractivity contribution >= 4 is 39.8 Å². The highest BCUT2D eigenvalue weighted by molar-refractivity contribution is 14.1. The Bertz CT molecular complexity index is 1050. The molecule has 0 atom stereocenters. The van der Waals surface area contributed by atoms with Gasteiger partial charge in [-0.2, -0.15) is 0 Å². The third kappa shape index (κ3) is 3.12. The summed E-state index contributed by atoms with van der Waals surface area (Å²) in [5.74, 6) is 0. The van der Waals surface area contributed by atoms with Crippen LogP contribution >= 0.6 is 22.6 Å². The van der Waals surface area contributed by atoms with Gasteiger partial charge in [-0.15, -0.1) is 5.10 Å². The van der Waals surface area contributed by atoms with Crippen molar-refractivity contribution in [3.63, 3.8) is 0 Å². The molecule has 0 fully saturated rings. The first kappa shape index (κ1) is 15.8. The molecule has 3 heterocycles. The molecule has 4 aromatic rings. The maximum atomic E-state index is 8.84. The molecule has 25 heavy (non-hydrogen) atoms. The van der Waals surface area contributed by atoms with E-state index in [2.05, 4.69) is 43.0 Å². The van der Waals surface area contributed by atoms with Crippen LogP contribution < -0.4 is 0 Å². The Labute approximate surface area is 156 Å².